The van der Waals surface area contributed by atoms with Crippen molar-refractivity contribution in [3.05, 3.63) is 29.3 Å². The van der Waals surface area contributed by atoms with E-state index in [9.17, 15) is 4.79 Å². The molecule has 2 rings (SSSR count). The van der Waals surface area contributed by atoms with Crippen LogP contribution in [0.3, 0.4) is 0 Å². The summed E-state index contributed by atoms with van der Waals surface area (Å²) < 4.78 is 0. The second-order valence-corrected chi connectivity index (χ2v) is 4.05. The number of aliphatic hydroxyl groups excluding tert-OH is 1. The van der Waals surface area contributed by atoms with Crippen molar-refractivity contribution in [3.63, 3.8) is 0 Å². The summed E-state index contributed by atoms with van der Waals surface area (Å²) in [5.41, 5.74) is 0.792. The molecule has 1 aromatic carbocycles. The van der Waals surface area contributed by atoms with Crippen LogP contribution in [0, 0.1) is 0 Å². The average molecular weight is 241 g/mol. The van der Waals surface area contributed by atoms with Gasteiger partial charge in [-0.1, -0.05) is 11.6 Å². The second-order valence-electron chi connectivity index (χ2n) is 3.61. The van der Waals surface area contributed by atoms with Crippen molar-refractivity contribution in [1.82, 2.24) is 5.01 Å². The molecule has 0 spiro atoms. The minimum Gasteiger partial charge on any atom is -0.395 e. The molecule has 1 aromatic rings. The van der Waals surface area contributed by atoms with E-state index < -0.39 is 0 Å². The first-order valence-electron chi connectivity index (χ1n) is 5.16. The highest BCUT2D eigenvalue weighted by Crippen LogP contribution is 2.23. The van der Waals surface area contributed by atoms with E-state index in [1.54, 1.807) is 29.3 Å². The molecule has 0 unspecified atom stereocenters. The molecular formula is C11H13ClN2O2. The lowest BCUT2D eigenvalue weighted by Gasteiger charge is -2.27. The van der Waals surface area contributed by atoms with Gasteiger partial charge in [-0.3, -0.25) is 4.79 Å². The largest absolute Gasteiger partial charge is 0.395 e. The van der Waals surface area contributed by atoms with Gasteiger partial charge in [0, 0.05) is 24.5 Å². The van der Waals surface area contributed by atoms with Gasteiger partial charge in [-0.05, 0) is 24.3 Å². The van der Waals surface area contributed by atoms with Crippen LogP contribution in [0.25, 0.3) is 0 Å². The smallest absolute Gasteiger partial charge is 0.242 e. The molecular weight excluding hydrogens is 228 g/mol. The van der Waals surface area contributed by atoms with Gasteiger partial charge in [0.05, 0.1) is 12.3 Å². The van der Waals surface area contributed by atoms with E-state index in [2.05, 4.69) is 0 Å². The summed E-state index contributed by atoms with van der Waals surface area (Å²) in [5, 5.41) is 13.0. The van der Waals surface area contributed by atoms with Crippen LogP contribution in [0.2, 0.25) is 5.02 Å². The number of aliphatic hydroxyl groups is 1. The quantitative estimate of drug-likeness (QED) is 0.866. The van der Waals surface area contributed by atoms with Crippen molar-refractivity contribution in [3.8, 4) is 0 Å². The van der Waals surface area contributed by atoms with Gasteiger partial charge in [-0.15, -0.1) is 0 Å². The number of benzene rings is 1. The van der Waals surface area contributed by atoms with E-state index in [4.69, 9.17) is 16.7 Å². The monoisotopic (exact) mass is 240 g/mol. The third-order valence-electron chi connectivity index (χ3n) is 2.53. The lowest BCUT2D eigenvalue weighted by molar-refractivity contribution is -0.118. The Morgan fingerprint density at radius 1 is 1.31 bits per heavy atom. The lowest BCUT2D eigenvalue weighted by atomic mass is 10.3. The summed E-state index contributed by atoms with van der Waals surface area (Å²) in [6, 6.07) is 7.10. The molecule has 4 nitrogen and oxygen atoms in total. The number of hydrogen-bond donors (Lipinski definition) is 1. The van der Waals surface area contributed by atoms with Gasteiger partial charge in [0.15, 0.2) is 0 Å². The minimum absolute atomic E-state index is 0.0391. The number of carbonyl (C=O) groups excluding carboxylic acids is 1. The topological polar surface area (TPSA) is 43.8 Å². The van der Waals surface area contributed by atoms with Crippen LogP contribution >= 0.6 is 11.6 Å². The highest BCUT2D eigenvalue weighted by atomic mass is 35.5. The van der Waals surface area contributed by atoms with Crippen LogP contribution in [-0.4, -0.2) is 35.7 Å². The van der Waals surface area contributed by atoms with Crippen LogP contribution in [0.4, 0.5) is 5.69 Å². The summed E-state index contributed by atoms with van der Waals surface area (Å²) in [7, 11) is 0. The molecule has 1 aliphatic heterocycles. The highest BCUT2D eigenvalue weighted by Gasteiger charge is 2.29. The first kappa shape index (κ1) is 11.4. The third kappa shape index (κ3) is 2.19. The Labute approximate surface area is 99.0 Å². The number of halogens is 1. The molecule has 0 aliphatic carbocycles. The fourth-order valence-electron chi connectivity index (χ4n) is 1.81. The Balaban J connectivity index is 2.22. The molecule has 0 saturated carbocycles. The number of hydrazine groups is 1. The zero-order valence-electron chi connectivity index (χ0n) is 8.77. The van der Waals surface area contributed by atoms with E-state index in [0.717, 1.165) is 5.69 Å². The summed E-state index contributed by atoms with van der Waals surface area (Å²) in [6.07, 6.45) is 0.489. The molecule has 16 heavy (non-hydrogen) atoms. The zero-order valence-corrected chi connectivity index (χ0v) is 9.52. The molecule has 0 radical (unpaired) electrons. The number of rotatable bonds is 3. The summed E-state index contributed by atoms with van der Waals surface area (Å²) >= 11 is 5.80. The van der Waals surface area contributed by atoms with E-state index >= 15 is 0 Å². The van der Waals surface area contributed by atoms with Gasteiger partial charge < -0.3 is 5.11 Å². The molecule has 86 valence electrons. The van der Waals surface area contributed by atoms with Gasteiger partial charge in [0.1, 0.15) is 0 Å². The maximum Gasteiger partial charge on any atom is 0.242 e. The third-order valence-corrected chi connectivity index (χ3v) is 2.78. The summed E-state index contributed by atoms with van der Waals surface area (Å²) in [4.78, 5) is 11.7. The molecule has 1 fully saturated rings. The first-order valence-corrected chi connectivity index (χ1v) is 5.54. The van der Waals surface area contributed by atoms with Gasteiger partial charge in [-0.2, -0.15) is 0 Å². The standard InChI is InChI=1S/C11H13ClN2O2/c12-9-1-3-10(4-2-9)14-11(16)5-6-13(14)7-8-15/h1-4,15H,5-8H2. The van der Waals surface area contributed by atoms with E-state index in [1.165, 1.54) is 0 Å². The van der Waals surface area contributed by atoms with E-state index in [-0.39, 0.29) is 12.5 Å². The molecule has 0 atom stereocenters. The van der Waals surface area contributed by atoms with Crippen LogP contribution < -0.4 is 5.01 Å². The molecule has 1 amide bonds. The maximum atomic E-state index is 11.7. The van der Waals surface area contributed by atoms with Crippen molar-refractivity contribution >= 4 is 23.2 Å². The molecule has 0 bridgehead atoms. The van der Waals surface area contributed by atoms with Gasteiger partial charge in [-0.25, -0.2) is 10.0 Å². The van der Waals surface area contributed by atoms with Crippen molar-refractivity contribution in [2.75, 3.05) is 24.7 Å². The van der Waals surface area contributed by atoms with Crippen LogP contribution in [0.1, 0.15) is 6.42 Å². The molecule has 5 heteroatoms. The molecule has 1 heterocycles. The van der Waals surface area contributed by atoms with Gasteiger partial charge in [0.25, 0.3) is 0 Å². The summed E-state index contributed by atoms with van der Waals surface area (Å²) in [5.74, 6) is 0.0516. The Hall–Kier alpha value is -1.10. The number of hydrogen-bond acceptors (Lipinski definition) is 3. The Morgan fingerprint density at radius 2 is 2.00 bits per heavy atom. The lowest BCUT2D eigenvalue weighted by Crippen LogP contribution is -2.40. The predicted molar refractivity (Wildman–Crippen MR) is 62.2 cm³/mol. The number of nitrogens with zero attached hydrogens (tertiary/aromatic N) is 2. The Bertz CT molecular complexity index is 380. The van der Waals surface area contributed by atoms with Gasteiger partial charge >= 0.3 is 0 Å². The molecule has 1 saturated heterocycles. The first-order chi connectivity index (χ1) is 7.72. The van der Waals surface area contributed by atoms with Crippen molar-refractivity contribution < 1.29 is 9.90 Å². The normalized spacial score (nSPS) is 17.1. The predicted octanol–water partition coefficient (Wildman–Crippen LogP) is 1.29. The van der Waals surface area contributed by atoms with Crippen molar-refractivity contribution in [2.24, 2.45) is 0 Å². The van der Waals surface area contributed by atoms with Crippen molar-refractivity contribution in [1.29, 1.82) is 0 Å². The molecule has 0 aromatic heterocycles. The Morgan fingerprint density at radius 3 is 2.62 bits per heavy atom. The number of amides is 1. The fraction of sp³-hybridized carbons (Fsp3) is 0.364. The molecule has 1 aliphatic rings. The van der Waals surface area contributed by atoms with E-state index in [1.807, 2.05) is 5.01 Å². The number of β-amino-alcohol motifs (C(OH)–C–C–N with tert-alkyl or cyclic N) is 1. The zero-order chi connectivity index (χ0) is 11.5. The van der Waals surface area contributed by atoms with E-state index in [0.29, 0.717) is 24.5 Å². The second kappa shape index (κ2) is 4.82. The minimum atomic E-state index is 0.0391. The average Bonchev–Trinajstić information content (AvgIpc) is 2.62. The van der Waals surface area contributed by atoms with Crippen LogP contribution in [0.5, 0.6) is 0 Å². The SMILES string of the molecule is O=C1CCN(CCO)N1c1ccc(Cl)cc1. The molecule has 1 N–H and O–H groups in total. The number of anilines is 1. The van der Waals surface area contributed by atoms with Gasteiger partial charge in [0.2, 0.25) is 5.91 Å². The van der Waals surface area contributed by atoms with Crippen LogP contribution in [-0.2, 0) is 4.79 Å². The van der Waals surface area contributed by atoms with Crippen molar-refractivity contribution in [2.45, 2.75) is 6.42 Å². The highest BCUT2D eigenvalue weighted by molar-refractivity contribution is 6.30. The van der Waals surface area contributed by atoms with Crippen LogP contribution in [0.15, 0.2) is 24.3 Å². The summed E-state index contributed by atoms with van der Waals surface area (Å²) in [6.45, 7) is 1.16. The maximum absolute atomic E-state index is 11.7. The fourth-order valence-corrected chi connectivity index (χ4v) is 1.93. The number of carbonyl (C=O) groups is 1. The Kier molecular flexibility index (Phi) is 3.43.